The molecule has 50 heavy (non-hydrogen) atoms. The van der Waals surface area contributed by atoms with Crippen LogP contribution in [0.4, 0.5) is 0 Å². The predicted molar refractivity (Wildman–Crippen MR) is 202 cm³/mol. The Morgan fingerprint density at radius 3 is 2.22 bits per heavy atom. The van der Waals surface area contributed by atoms with Crippen molar-refractivity contribution in [3.05, 3.63) is 131 Å². The summed E-state index contributed by atoms with van der Waals surface area (Å²) in [6, 6.07) is 35.0. The molecule has 0 N–H and O–H groups in total. The van der Waals surface area contributed by atoms with Gasteiger partial charge in [-0.25, -0.2) is 4.98 Å². The Labute approximate surface area is 310 Å². The molecule has 3 heterocycles. The number of ether oxygens (including phenoxy) is 1. The average Bonchev–Trinajstić information content (AvgIpc) is 3.66. The Bertz CT molecular complexity index is 2270. The maximum absolute atomic E-state index is 6.59. The van der Waals surface area contributed by atoms with Crippen LogP contribution in [0.15, 0.2) is 85.1 Å². The summed E-state index contributed by atoms with van der Waals surface area (Å²) < 4.78 is 10.9. The minimum Gasteiger partial charge on any atom is -0.509 e. The van der Waals surface area contributed by atoms with Crippen molar-refractivity contribution in [3.8, 4) is 34.1 Å². The Morgan fingerprint density at radius 1 is 0.720 bits per heavy atom. The van der Waals surface area contributed by atoms with Gasteiger partial charge in [-0.05, 0) is 83.6 Å². The van der Waals surface area contributed by atoms with E-state index in [2.05, 4.69) is 130 Å². The second-order valence-electron chi connectivity index (χ2n) is 12.8. The van der Waals surface area contributed by atoms with E-state index < -0.39 is 0 Å². The zero-order valence-corrected chi connectivity index (χ0v) is 31.4. The minimum atomic E-state index is 0. The normalized spacial score (nSPS) is 11.3. The maximum Gasteiger partial charge on any atom is 2.00 e. The van der Waals surface area contributed by atoms with Crippen LogP contribution in [0.5, 0.6) is 11.5 Å². The van der Waals surface area contributed by atoms with Crippen molar-refractivity contribution in [1.82, 2.24) is 19.3 Å². The van der Waals surface area contributed by atoms with E-state index in [0.29, 0.717) is 11.5 Å². The number of benzene rings is 4. The topological polar surface area (TPSA) is 44.9 Å². The molecule has 256 valence electrons. The summed E-state index contributed by atoms with van der Waals surface area (Å²) in [5, 5.41) is 7.51. The molecule has 0 saturated carbocycles. The molecule has 0 fully saturated rings. The number of aromatic nitrogens is 4. The summed E-state index contributed by atoms with van der Waals surface area (Å²) in [5.41, 5.74) is 13.0. The van der Waals surface area contributed by atoms with E-state index >= 15 is 0 Å². The van der Waals surface area contributed by atoms with Gasteiger partial charge in [0.25, 0.3) is 0 Å². The fraction of sp³-hybridized carbons (Fsp3) is 0.273. The van der Waals surface area contributed by atoms with Crippen molar-refractivity contribution in [2.75, 3.05) is 0 Å². The van der Waals surface area contributed by atoms with Crippen LogP contribution in [0.3, 0.4) is 0 Å². The molecule has 0 unspecified atom stereocenters. The molecular formula is C44H44N4OPd. The van der Waals surface area contributed by atoms with Crippen molar-refractivity contribution in [1.29, 1.82) is 0 Å². The molecular weight excluding hydrogens is 707 g/mol. The van der Waals surface area contributed by atoms with Gasteiger partial charge in [0.1, 0.15) is 5.82 Å². The third-order valence-corrected chi connectivity index (χ3v) is 9.53. The molecule has 0 aliphatic carbocycles. The Balaban J connectivity index is 0.00000432. The third-order valence-electron chi connectivity index (χ3n) is 9.53. The number of nitrogens with zero attached hydrogens (tertiary/aromatic N) is 4. The van der Waals surface area contributed by atoms with Crippen LogP contribution in [0, 0.1) is 19.1 Å². The molecule has 0 saturated heterocycles. The van der Waals surface area contributed by atoms with Crippen LogP contribution < -0.4 is 4.74 Å². The molecule has 0 spiro atoms. The second kappa shape index (κ2) is 15.2. The van der Waals surface area contributed by atoms with Crippen molar-refractivity contribution in [2.45, 2.75) is 80.1 Å². The summed E-state index contributed by atoms with van der Waals surface area (Å²) in [4.78, 5) is 4.80. The average molecular weight is 751 g/mol. The van der Waals surface area contributed by atoms with Gasteiger partial charge in [-0.15, -0.1) is 35.7 Å². The number of rotatable bonds is 11. The van der Waals surface area contributed by atoms with Crippen LogP contribution in [-0.2, 0) is 52.5 Å². The number of hydrogen-bond acceptors (Lipinski definition) is 3. The van der Waals surface area contributed by atoms with E-state index in [9.17, 15) is 0 Å². The van der Waals surface area contributed by atoms with Gasteiger partial charge in [0, 0.05) is 34.5 Å². The second-order valence-corrected chi connectivity index (χ2v) is 12.8. The standard InChI is InChI=1S/C44H44N4O.Pd/c1-7-15-30-22-23-45-42(26-30)47-40-19-13-12-18-36(40)37-21-20-34(28-41(37)47)49-35-25-29(6)24-33(27-35)48-39(11-5)44(38(10-4)46-48)43-31(8-2)16-14-17-32(43)9-3;/h12-14,16-26H,7-11,15H2,1-6H3;/q-2;+2. The molecule has 0 atom stereocenters. The summed E-state index contributed by atoms with van der Waals surface area (Å²) in [6.07, 6.45) is 7.67. The molecule has 7 aromatic rings. The first-order chi connectivity index (χ1) is 24.0. The largest absolute Gasteiger partial charge is 2.00 e. The van der Waals surface area contributed by atoms with Gasteiger partial charge in [-0.2, -0.15) is 16.7 Å². The quantitative estimate of drug-likeness (QED) is 0.0977. The molecule has 4 aromatic carbocycles. The van der Waals surface area contributed by atoms with E-state index in [0.717, 1.165) is 83.1 Å². The van der Waals surface area contributed by atoms with Crippen LogP contribution in [0.1, 0.15) is 74.7 Å². The number of aryl methyl sites for hydroxylation is 5. The molecule has 7 rings (SSSR count). The third kappa shape index (κ3) is 6.44. The molecule has 0 aliphatic heterocycles. The molecule has 0 radical (unpaired) electrons. The molecule has 5 nitrogen and oxygen atoms in total. The van der Waals surface area contributed by atoms with E-state index in [1.165, 1.54) is 33.5 Å². The first-order valence-corrected chi connectivity index (χ1v) is 17.8. The molecule has 6 heteroatoms. The van der Waals surface area contributed by atoms with Crippen LogP contribution in [-0.4, -0.2) is 19.3 Å². The van der Waals surface area contributed by atoms with Crippen LogP contribution >= 0.6 is 0 Å². The SMILES string of the molecule is CCCc1ccnc(-n2c3[c-]c(Oc4[c-]c(-n5nc(CC)c(-c6c(CC)cccc6CC)c5CC)cc(C)c4)ccc3c3ccccc32)c1.[Pd+2]. The van der Waals surface area contributed by atoms with Gasteiger partial charge in [-0.1, -0.05) is 89.9 Å². The maximum atomic E-state index is 6.59. The number of fused-ring (bicyclic) bond motifs is 3. The molecule has 3 aromatic heterocycles. The van der Waals surface area contributed by atoms with Crippen LogP contribution in [0.25, 0.3) is 44.4 Å². The van der Waals surface area contributed by atoms with Crippen molar-refractivity contribution < 1.29 is 25.2 Å². The van der Waals surface area contributed by atoms with Crippen molar-refractivity contribution >= 4 is 21.8 Å². The zero-order chi connectivity index (χ0) is 34.1. The monoisotopic (exact) mass is 750 g/mol. The Kier molecular flexibility index (Phi) is 10.7. The molecule has 0 bridgehead atoms. The predicted octanol–water partition coefficient (Wildman–Crippen LogP) is 10.9. The number of para-hydroxylation sites is 1. The van der Waals surface area contributed by atoms with Gasteiger partial charge in [-0.3, -0.25) is 4.68 Å². The molecule has 0 amide bonds. The fourth-order valence-corrected chi connectivity index (χ4v) is 7.28. The minimum absolute atomic E-state index is 0. The number of pyridine rings is 1. The fourth-order valence-electron chi connectivity index (χ4n) is 7.28. The van der Waals surface area contributed by atoms with Gasteiger partial charge in [0.2, 0.25) is 0 Å². The van der Waals surface area contributed by atoms with E-state index in [1.54, 1.807) is 0 Å². The van der Waals surface area contributed by atoms with Crippen molar-refractivity contribution in [2.24, 2.45) is 0 Å². The smallest absolute Gasteiger partial charge is 0.509 e. The summed E-state index contributed by atoms with van der Waals surface area (Å²) in [5.74, 6) is 2.15. The van der Waals surface area contributed by atoms with Gasteiger partial charge >= 0.3 is 20.4 Å². The zero-order valence-electron chi connectivity index (χ0n) is 29.8. The van der Waals surface area contributed by atoms with E-state index in [1.807, 2.05) is 18.3 Å². The summed E-state index contributed by atoms with van der Waals surface area (Å²) in [6.45, 7) is 13.2. The Hall–Kier alpha value is -4.50. The summed E-state index contributed by atoms with van der Waals surface area (Å²) >= 11 is 0. The van der Waals surface area contributed by atoms with E-state index in [-0.39, 0.29) is 20.4 Å². The molecule has 0 aliphatic rings. The summed E-state index contributed by atoms with van der Waals surface area (Å²) in [7, 11) is 0. The first kappa shape index (κ1) is 35.3. The van der Waals surface area contributed by atoms with E-state index in [4.69, 9.17) is 14.8 Å². The van der Waals surface area contributed by atoms with Gasteiger partial charge in [0.05, 0.1) is 5.69 Å². The van der Waals surface area contributed by atoms with Crippen LogP contribution in [0.2, 0.25) is 0 Å². The Morgan fingerprint density at radius 2 is 1.50 bits per heavy atom. The van der Waals surface area contributed by atoms with Gasteiger partial charge < -0.3 is 9.30 Å². The van der Waals surface area contributed by atoms with Crippen molar-refractivity contribution in [3.63, 3.8) is 0 Å². The number of hydrogen-bond donors (Lipinski definition) is 0. The van der Waals surface area contributed by atoms with Gasteiger partial charge in [0.15, 0.2) is 0 Å². The first-order valence-electron chi connectivity index (χ1n) is 17.8.